The zero-order valence-electron chi connectivity index (χ0n) is 16.0. The summed E-state index contributed by atoms with van der Waals surface area (Å²) >= 11 is 0. The number of aromatic nitrogens is 1. The van der Waals surface area contributed by atoms with Crippen molar-refractivity contribution in [3.05, 3.63) is 52.7 Å². The molecule has 0 spiro atoms. The third kappa shape index (κ3) is 3.51. The lowest BCUT2D eigenvalue weighted by Gasteiger charge is -2.12. The molecule has 0 unspecified atom stereocenters. The monoisotopic (exact) mass is 377 g/mol. The van der Waals surface area contributed by atoms with Gasteiger partial charge in [-0.3, -0.25) is 4.79 Å². The summed E-state index contributed by atoms with van der Waals surface area (Å²) < 4.78 is 6.20. The minimum atomic E-state index is -0.0340. The highest BCUT2D eigenvalue weighted by molar-refractivity contribution is 6.10. The molecular weight excluding hydrogens is 352 g/mol. The van der Waals surface area contributed by atoms with Gasteiger partial charge in [-0.15, -0.1) is 0 Å². The molecule has 6 heteroatoms. The second kappa shape index (κ2) is 7.86. The zero-order chi connectivity index (χ0) is 19.5. The predicted octanol–water partition coefficient (Wildman–Crippen LogP) is 3.36. The summed E-state index contributed by atoms with van der Waals surface area (Å²) in [6, 6.07) is 13.0. The first kappa shape index (κ1) is 18.3. The van der Waals surface area contributed by atoms with Gasteiger partial charge in [-0.05, 0) is 36.8 Å². The smallest absolute Gasteiger partial charge is 0.179 e. The highest BCUT2D eigenvalue weighted by Gasteiger charge is 2.12. The largest absolute Gasteiger partial charge is 0.453 e. The van der Waals surface area contributed by atoms with Crippen LogP contribution in [0.3, 0.4) is 0 Å². The van der Waals surface area contributed by atoms with Crippen LogP contribution in [0, 0.1) is 0 Å². The molecule has 4 aromatic rings. The van der Waals surface area contributed by atoms with E-state index in [2.05, 4.69) is 23.3 Å². The van der Waals surface area contributed by atoms with Crippen LogP contribution in [0.15, 0.2) is 51.7 Å². The Kier molecular flexibility index (Phi) is 5.12. The van der Waals surface area contributed by atoms with Crippen molar-refractivity contribution >= 4 is 44.3 Å². The summed E-state index contributed by atoms with van der Waals surface area (Å²) in [5.74, 6) is 0. The van der Waals surface area contributed by atoms with E-state index in [0.29, 0.717) is 16.7 Å². The third-order valence-corrected chi connectivity index (χ3v) is 4.78. The zero-order valence-corrected chi connectivity index (χ0v) is 16.0. The van der Waals surface area contributed by atoms with Gasteiger partial charge in [0.1, 0.15) is 11.0 Å². The molecule has 28 heavy (non-hydrogen) atoms. The van der Waals surface area contributed by atoms with Crippen molar-refractivity contribution < 1.29 is 10.2 Å². The summed E-state index contributed by atoms with van der Waals surface area (Å²) in [5.41, 5.74) is 8.64. The highest BCUT2D eigenvalue weighted by Crippen LogP contribution is 2.32. The molecule has 1 aromatic heterocycles. The molecule has 0 aliphatic rings. The minimum Gasteiger partial charge on any atom is -0.453 e. The standard InChI is InChI=1S/C22H24N4O2/c1-2-9-25-19-13-21-22(17-12-15(27)5-6-16(17)19)26-18-7-4-14(11-20(18)28-21)24-10-3-8-23/h4-7,11-13,24-25H,2-3,8-10,23H2,1H3/p+1. The maximum absolute atomic E-state index is 12.0. The topological polar surface area (TPSA) is 94.8 Å². The van der Waals surface area contributed by atoms with Crippen LogP contribution in [0.1, 0.15) is 19.8 Å². The number of anilines is 2. The van der Waals surface area contributed by atoms with Crippen LogP contribution in [0.25, 0.3) is 33.0 Å². The van der Waals surface area contributed by atoms with Crippen molar-refractivity contribution in [3.8, 4) is 0 Å². The average molecular weight is 377 g/mol. The molecule has 144 valence electrons. The van der Waals surface area contributed by atoms with Gasteiger partial charge < -0.3 is 20.8 Å². The fourth-order valence-electron chi connectivity index (χ4n) is 3.36. The van der Waals surface area contributed by atoms with E-state index in [1.807, 2.05) is 30.3 Å². The van der Waals surface area contributed by atoms with Gasteiger partial charge in [-0.1, -0.05) is 6.92 Å². The van der Waals surface area contributed by atoms with E-state index in [4.69, 9.17) is 9.40 Å². The van der Waals surface area contributed by atoms with Crippen molar-refractivity contribution in [1.29, 1.82) is 0 Å². The molecule has 0 saturated heterocycles. The summed E-state index contributed by atoms with van der Waals surface area (Å²) in [6.45, 7) is 4.74. The van der Waals surface area contributed by atoms with E-state index in [9.17, 15) is 4.79 Å². The molecule has 0 saturated carbocycles. The number of rotatable bonds is 7. The molecule has 0 bridgehead atoms. The first-order valence-corrected chi connectivity index (χ1v) is 9.78. The Hall–Kier alpha value is -3.12. The second-order valence-corrected chi connectivity index (χ2v) is 6.94. The lowest BCUT2D eigenvalue weighted by molar-refractivity contribution is -0.367. The van der Waals surface area contributed by atoms with E-state index in [1.54, 1.807) is 12.1 Å². The van der Waals surface area contributed by atoms with Gasteiger partial charge in [0.2, 0.25) is 0 Å². The molecule has 6 nitrogen and oxygen atoms in total. The van der Waals surface area contributed by atoms with Gasteiger partial charge in [0.15, 0.2) is 16.6 Å². The molecule has 3 aromatic carbocycles. The number of quaternary nitrogens is 1. The van der Waals surface area contributed by atoms with Crippen molar-refractivity contribution in [2.45, 2.75) is 19.8 Å². The van der Waals surface area contributed by atoms with Crippen LogP contribution in [0.2, 0.25) is 0 Å². The van der Waals surface area contributed by atoms with E-state index in [-0.39, 0.29) is 5.43 Å². The molecule has 0 aliphatic heterocycles. The molecule has 0 radical (unpaired) electrons. The van der Waals surface area contributed by atoms with E-state index >= 15 is 0 Å². The van der Waals surface area contributed by atoms with Crippen LogP contribution in [-0.4, -0.2) is 24.6 Å². The lowest BCUT2D eigenvalue weighted by Crippen LogP contribution is -2.50. The third-order valence-electron chi connectivity index (χ3n) is 4.78. The molecule has 0 aliphatic carbocycles. The molecule has 4 rings (SSSR count). The number of benzene rings is 3. The predicted molar refractivity (Wildman–Crippen MR) is 115 cm³/mol. The second-order valence-electron chi connectivity index (χ2n) is 6.94. The van der Waals surface area contributed by atoms with Gasteiger partial charge in [0.05, 0.1) is 6.54 Å². The minimum absolute atomic E-state index is 0.0340. The van der Waals surface area contributed by atoms with Crippen LogP contribution in [-0.2, 0) is 0 Å². The lowest BCUT2D eigenvalue weighted by atomic mass is 10.1. The van der Waals surface area contributed by atoms with Crippen molar-refractivity contribution in [1.82, 2.24) is 4.98 Å². The van der Waals surface area contributed by atoms with Crippen LogP contribution < -0.4 is 21.8 Å². The first-order chi connectivity index (χ1) is 13.7. The summed E-state index contributed by atoms with van der Waals surface area (Å²) in [7, 11) is 0. The molecule has 5 N–H and O–H groups in total. The van der Waals surface area contributed by atoms with Gasteiger partial charge in [-0.25, -0.2) is 4.98 Å². The molecule has 1 heterocycles. The van der Waals surface area contributed by atoms with Crippen molar-refractivity contribution in [2.75, 3.05) is 30.3 Å². The first-order valence-electron chi connectivity index (χ1n) is 9.78. The quantitative estimate of drug-likeness (QED) is 0.261. The number of hydrogen-bond acceptors (Lipinski definition) is 5. The maximum Gasteiger partial charge on any atom is 0.179 e. The Morgan fingerprint density at radius 2 is 1.89 bits per heavy atom. The summed E-state index contributed by atoms with van der Waals surface area (Å²) in [6.07, 6.45) is 2.02. The van der Waals surface area contributed by atoms with Crippen LogP contribution in [0.5, 0.6) is 0 Å². The number of fused-ring (bicyclic) bond motifs is 4. The molecular formula is C22H25N4O2+. The van der Waals surface area contributed by atoms with Gasteiger partial charge in [0, 0.05) is 53.8 Å². The van der Waals surface area contributed by atoms with Crippen molar-refractivity contribution in [3.63, 3.8) is 0 Å². The molecule has 0 amide bonds. The number of nitrogens with one attached hydrogen (secondary N) is 2. The number of nitrogens with zero attached hydrogens (tertiary/aromatic N) is 1. The highest BCUT2D eigenvalue weighted by atomic mass is 16.3. The van der Waals surface area contributed by atoms with Crippen molar-refractivity contribution in [2.24, 2.45) is 0 Å². The van der Waals surface area contributed by atoms with E-state index in [0.717, 1.165) is 60.1 Å². The Morgan fingerprint density at radius 1 is 1.00 bits per heavy atom. The SMILES string of the molecule is CCCNc1cc2oc3cc(NCCC[NH3+])ccc3nc2c2cc(=O)ccc12. The van der Waals surface area contributed by atoms with Gasteiger partial charge in [0.25, 0.3) is 0 Å². The fourth-order valence-corrected chi connectivity index (χ4v) is 3.36. The maximum atomic E-state index is 12.0. The van der Waals surface area contributed by atoms with E-state index < -0.39 is 0 Å². The average Bonchev–Trinajstić information content (AvgIpc) is 2.70. The van der Waals surface area contributed by atoms with Crippen LogP contribution >= 0.6 is 0 Å². The Balaban J connectivity index is 1.89. The molecule has 0 fully saturated rings. The van der Waals surface area contributed by atoms with Gasteiger partial charge in [-0.2, -0.15) is 0 Å². The Bertz CT molecular complexity index is 1200. The Labute approximate surface area is 162 Å². The van der Waals surface area contributed by atoms with Gasteiger partial charge >= 0.3 is 0 Å². The normalized spacial score (nSPS) is 11.4. The Morgan fingerprint density at radius 3 is 2.71 bits per heavy atom. The van der Waals surface area contributed by atoms with Crippen LogP contribution in [0.4, 0.5) is 11.4 Å². The molecule has 0 atom stereocenters. The number of hydrogen-bond donors (Lipinski definition) is 3. The fraction of sp³-hybridized carbons (Fsp3) is 0.273. The van der Waals surface area contributed by atoms with E-state index in [1.165, 1.54) is 0 Å². The summed E-state index contributed by atoms with van der Waals surface area (Å²) in [5, 5.41) is 8.61. The summed E-state index contributed by atoms with van der Waals surface area (Å²) in [4.78, 5) is 16.8.